The van der Waals surface area contributed by atoms with Gasteiger partial charge in [-0.05, 0) is 33.1 Å². The van der Waals surface area contributed by atoms with Gasteiger partial charge in [-0.2, -0.15) is 15.0 Å². The van der Waals surface area contributed by atoms with Crippen molar-refractivity contribution in [2.45, 2.75) is 58.4 Å². The lowest BCUT2D eigenvalue weighted by Crippen LogP contribution is -2.32. The van der Waals surface area contributed by atoms with Crippen molar-refractivity contribution in [2.75, 3.05) is 23.8 Å². The molecule has 2 N–H and O–H groups in total. The number of hydrogen-bond donors (Lipinski definition) is 2. The minimum absolute atomic E-state index is 0.0901. The SMILES string of the molecule is CCCOc1nc(NCC)nc(NC2(C)CCCC2)n1. The molecule has 0 aliphatic heterocycles. The van der Waals surface area contributed by atoms with Gasteiger partial charge in [0.25, 0.3) is 0 Å². The van der Waals surface area contributed by atoms with Crippen molar-refractivity contribution in [3.63, 3.8) is 0 Å². The first-order valence-corrected chi connectivity index (χ1v) is 7.56. The fraction of sp³-hybridized carbons (Fsp3) is 0.786. The molecule has 1 fully saturated rings. The Morgan fingerprint density at radius 2 is 1.80 bits per heavy atom. The van der Waals surface area contributed by atoms with Crippen molar-refractivity contribution < 1.29 is 4.74 Å². The molecule has 0 amide bonds. The molecule has 1 saturated carbocycles. The minimum Gasteiger partial charge on any atom is -0.463 e. The fourth-order valence-electron chi connectivity index (χ4n) is 2.46. The van der Waals surface area contributed by atoms with Crippen LogP contribution in [0.4, 0.5) is 11.9 Å². The monoisotopic (exact) mass is 279 g/mol. The van der Waals surface area contributed by atoms with E-state index < -0.39 is 0 Å². The summed E-state index contributed by atoms with van der Waals surface area (Å²) in [7, 11) is 0. The first-order valence-electron chi connectivity index (χ1n) is 7.56. The summed E-state index contributed by atoms with van der Waals surface area (Å²) >= 11 is 0. The van der Waals surface area contributed by atoms with Gasteiger partial charge in [-0.3, -0.25) is 0 Å². The average Bonchev–Trinajstić information content (AvgIpc) is 2.83. The Hall–Kier alpha value is -1.59. The van der Waals surface area contributed by atoms with Gasteiger partial charge in [-0.1, -0.05) is 19.8 Å². The number of anilines is 2. The van der Waals surface area contributed by atoms with E-state index in [1.165, 1.54) is 12.8 Å². The van der Waals surface area contributed by atoms with Crippen LogP contribution in [0, 0.1) is 0 Å². The summed E-state index contributed by atoms with van der Waals surface area (Å²) in [4.78, 5) is 13.0. The van der Waals surface area contributed by atoms with Gasteiger partial charge in [0.2, 0.25) is 11.9 Å². The lowest BCUT2D eigenvalue weighted by atomic mass is 10.0. The van der Waals surface area contributed by atoms with Gasteiger partial charge in [-0.15, -0.1) is 0 Å². The maximum absolute atomic E-state index is 5.54. The first kappa shape index (κ1) is 14.8. The highest BCUT2D eigenvalue weighted by Crippen LogP contribution is 2.32. The van der Waals surface area contributed by atoms with Crippen molar-refractivity contribution in [3.05, 3.63) is 0 Å². The highest BCUT2D eigenvalue weighted by Gasteiger charge is 2.29. The highest BCUT2D eigenvalue weighted by molar-refractivity contribution is 5.38. The molecular formula is C14H25N5O. The Morgan fingerprint density at radius 3 is 2.45 bits per heavy atom. The van der Waals surface area contributed by atoms with Gasteiger partial charge in [-0.25, -0.2) is 0 Å². The zero-order chi connectivity index (χ0) is 14.4. The smallest absolute Gasteiger partial charge is 0.323 e. The Bertz CT molecular complexity index is 432. The molecule has 1 aliphatic carbocycles. The van der Waals surface area contributed by atoms with E-state index in [1.54, 1.807) is 0 Å². The van der Waals surface area contributed by atoms with E-state index in [1.807, 2.05) is 6.92 Å². The third-order valence-electron chi connectivity index (χ3n) is 3.51. The molecule has 0 unspecified atom stereocenters. The van der Waals surface area contributed by atoms with E-state index in [0.29, 0.717) is 24.5 Å². The van der Waals surface area contributed by atoms with Crippen LogP contribution in [-0.2, 0) is 0 Å². The first-order chi connectivity index (χ1) is 9.65. The zero-order valence-corrected chi connectivity index (χ0v) is 12.7. The lowest BCUT2D eigenvalue weighted by molar-refractivity contribution is 0.292. The van der Waals surface area contributed by atoms with E-state index in [0.717, 1.165) is 25.8 Å². The molecule has 0 aromatic carbocycles. The summed E-state index contributed by atoms with van der Waals surface area (Å²) < 4.78 is 5.54. The fourth-order valence-corrected chi connectivity index (χ4v) is 2.46. The summed E-state index contributed by atoms with van der Waals surface area (Å²) in [6, 6.07) is 0.391. The van der Waals surface area contributed by atoms with Crippen LogP contribution >= 0.6 is 0 Å². The van der Waals surface area contributed by atoms with E-state index >= 15 is 0 Å². The second kappa shape index (κ2) is 6.72. The molecule has 1 aromatic rings. The standard InChI is InChI=1S/C14H25N5O/c1-4-10-20-13-17-11(15-5-2)16-12(18-13)19-14(3)8-6-7-9-14/h4-10H2,1-3H3,(H2,15,16,17,18,19). The largest absolute Gasteiger partial charge is 0.463 e. The molecule has 0 radical (unpaired) electrons. The molecule has 0 saturated heterocycles. The van der Waals surface area contributed by atoms with Gasteiger partial charge in [0.1, 0.15) is 0 Å². The maximum Gasteiger partial charge on any atom is 0.323 e. The van der Waals surface area contributed by atoms with Crippen LogP contribution < -0.4 is 15.4 Å². The zero-order valence-electron chi connectivity index (χ0n) is 12.7. The predicted molar refractivity (Wildman–Crippen MR) is 80.3 cm³/mol. The topological polar surface area (TPSA) is 72.0 Å². The summed E-state index contributed by atoms with van der Waals surface area (Å²) in [6.45, 7) is 7.69. The van der Waals surface area contributed by atoms with Crippen molar-refractivity contribution >= 4 is 11.9 Å². The van der Waals surface area contributed by atoms with Crippen LogP contribution in [0.15, 0.2) is 0 Å². The molecular weight excluding hydrogens is 254 g/mol. The highest BCUT2D eigenvalue weighted by atomic mass is 16.5. The van der Waals surface area contributed by atoms with Gasteiger partial charge >= 0.3 is 6.01 Å². The minimum atomic E-state index is 0.0901. The Morgan fingerprint density at radius 1 is 1.10 bits per heavy atom. The number of aromatic nitrogens is 3. The molecule has 0 bridgehead atoms. The predicted octanol–water partition coefficient (Wildman–Crippen LogP) is 2.84. The summed E-state index contributed by atoms with van der Waals surface area (Å²) in [5, 5.41) is 6.57. The molecule has 0 spiro atoms. The lowest BCUT2D eigenvalue weighted by Gasteiger charge is -2.25. The van der Waals surface area contributed by atoms with Crippen LogP contribution in [0.1, 0.15) is 52.9 Å². The molecule has 1 heterocycles. The van der Waals surface area contributed by atoms with Crippen LogP contribution in [0.25, 0.3) is 0 Å². The van der Waals surface area contributed by atoms with E-state index in [-0.39, 0.29) is 5.54 Å². The normalized spacial score (nSPS) is 16.9. The number of rotatable bonds is 7. The Labute approximate surface area is 120 Å². The molecule has 1 aromatic heterocycles. The van der Waals surface area contributed by atoms with Crippen LogP contribution in [-0.4, -0.2) is 33.6 Å². The second-order valence-corrected chi connectivity index (χ2v) is 5.54. The number of ether oxygens (including phenoxy) is 1. The summed E-state index contributed by atoms with van der Waals surface area (Å²) in [5.41, 5.74) is 0.0901. The molecule has 6 heteroatoms. The van der Waals surface area contributed by atoms with Crippen molar-refractivity contribution in [1.29, 1.82) is 0 Å². The Kier molecular flexibility index (Phi) is 4.98. The van der Waals surface area contributed by atoms with Gasteiger partial charge in [0.05, 0.1) is 6.61 Å². The average molecular weight is 279 g/mol. The molecule has 2 rings (SSSR count). The molecule has 20 heavy (non-hydrogen) atoms. The van der Waals surface area contributed by atoms with Gasteiger partial charge in [0.15, 0.2) is 0 Å². The quantitative estimate of drug-likeness (QED) is 0.799. The van der Waals surface area contributed by atoms with E-state index in [2.05, 4.69) is 39.4 Å². The van der Waals surface area contributed by atoms with Crippen LogP contribution in [0.2, 0.25) is 0 Å². The summed E-state index contributed by atoms with van der Waals surface area (Å²) in [6.07, 6.45) is 5.76. The van der Waals surface area contributed by atoms with Crippen molar-refractivity contribution in [2.24, 2.45) is 0 Å². The molecule has 6 nitrogen and oxygen atoms in total. The van der Waals surface area contributed by atoms with Crippen LogP contribution in [0.5, 0.6) is 6.01 Å². The summed E-state index contributed by atoms with van der Waals surface area (Å²) in [5.74, 6) is 1.17. The number of nitrogens with one attached hydrogen (secondary N) is 2. The van der Waals surface area contributed by atoms with Crippen LogP contribution in [0.3, 0.4) is 0 Å². The van der Waals surface area contributed by atoms with Gasteiger partial charge < -0.3 is 15.4 Å². The third-order valence-corrected chi connectivity index (χ3v) is 3.51. The molecule has 1 aliphatic rings. The number of nitrogens with zero attached hydrogens (tertiary/aromatic N) is 3. The van der Waals surface area contributed by atoms with E-state index in [4.69, 9.17) is 4.74 Å². The van der Waals surface area contributed by atoms with Crippen molar-refractivity contribution in [1.82, 2.24) is 15.0 Å². The maximum atomic E-state index is 5.54. The third kappa shape index (κ3) is 3.95. The second-order valence-electron chi connectivity index (χ2n) is 5.54. The van der Waals surface area contributed by atoms with E-state index in [9.17, 15) is 0 Å². The van der Waals surface area contributed by atoms with Gasteiger partial charge in [0, 0.05) is 12.1 Å². The number of hydrogen-bond acceptors (Lipinski definition) is 6. The molecule has 0 atom stereocenters. The molecule has 112 valence electrons. The Balaban J connectivity index is 2.14. The van der Waals surface area contributed by atoms with Crippen molar-refractivity contribution in [3.8, 4) is 6.01 Å².